The SMILES string of the molecule is CN=C(NCCCOCC1CCCO1)NCC(CO)c1ccccc1.I. The van der Waals surface area contributed by atoms with Crippen LogP contribution in [0, 0.1) is 0 Å². The molecule has 1 aromatic rings. The van der Waals surface area contributed by atoms with Gasteiger partial charge in [0.15, 0.2) is 5.96 Å². The summed E-state index contributed by atoms with van der Waals surface area (Å²) < 4.78 is 11.2. The van der Waals surface area contributed by atoms with Crippen LogP contribution in [-0.2, 0) is 9.47 Å². The van der Waals surface area contributed by atoms with Crippen LogP contribution in [0.4, 0.5) is 0 Å². The first-order valence-corrected chi connectivity index (χ1v) is 9.13. The van der Waals surface area contributed by atoms with Crippen molar-refractivity contribution in [2.75, 3.05) is 46.6 Å². The first kappa shape index (κ1) is 23.1. The molecule has 2 unspecified atom stereocenters. The fourth-order valence-corrected chi connectivity index (χ4v) is 2.83. The van der Waals surface area contributed by atoms with E-state index in [0.29, 0.717) is 19.8 Å². The quantitative estimate of drug-likeness (QED) is 0.209. The summed E-state index contributed by atoms with van der Waals surface area (Å²) in [5.74, 6) is 0.794. The number of aliphatic imine (C=N–C) groups is 1. The standard InChI is InChI=1S/C19H31N3O3.HI/c1-20-19(21-10-6-11-24-15-18-9-5-12-25-18)22-13-17(14-23)16-7-3-2-4-8-16;/h2-4,7-8,17-18,23H,5-6,9-15H2,1H3,(H2,20,21,22);1H. The first-order chi connectivity index (χ1) is 12.3. The highest BCUT2D eigenvalue weighted by Crippen LogP contribution is 2.13. The third kappa shape index (κ3) is 8.66. The molecular weight excluding hydrogens is 445 g/mol. The maximum absolute atomic E-state index is 9.60. The topological polar surface area (TPSA) is 75.1 Å². The molecule has 1 heterocycles. The van der Waals surface area contributed by atoms with Gasteiger partial charge in [0.1, 0.15) is 0 Å². The molecule has 2 rings (SSSR count). The number of rotatable bonds is 10. The molecule has 0 aromatic heterocycles. The van der Waals surface area contributed by atoms with Crippen LogP contribution >= 0.6 is 24.0 Å². The summed E-state index contributed by atoms with van der Waals surface area (Å²) in [7, 11) is 1.75. The monoisotopic (exact) mass is 477 g/mol. The smallest absolute Gasteiger partial charge is 0.191 e. The van der Waals surface area contributed by atoms with E-state index in [9.17, 15) is 5.11 Å². The van der Waals surface area contributed by atoms with Gasteiger partial charge in [-0.2, -0.15) is 0 Å². The van der Waals surface area contributed by atoms with E-state index in [4.69, 9.17) is 9.47 Å². The summed E-state index contributed by atoms with van der Waals surface area (Å²) >= 11 is 0. The molecule has 1 fully saturated rings. The van der Waals surface area contributed by atoms with Crippen molar-refractivity contribution >= 4 is 29.9 Å². The van der Waals surface area contributed by atoms with E-state index < -0.39 is 0 Å². The van der Waals surface area contributed by atoms with Gasteiger partial charge in [0.25, 0.3) is 0 Å². The van der Waals surface area contributed by atoms with E-state index in [0.717, 1.165) is 43.9 Å². The average molecular weight is 477 g/mol. The van der Waals surface area contributed by atoms with Gasteiger partial charge in [-0.3, -0.25) is 4.99 Å². The summed E-state index contributed by atoms with van der Waals surface area (Å²) in [6.07, 6.45) is 3.46. The zero-order valence-electron chi connectivity index (χ0n) is 15.5. The number of benzene rings is 1. The van der Waals surface area contributed by atoms with Crippen molar-refractivity contribution in [1.82, 2.24) is 10.6 Å². The van der Waals surface area contributed by atoms with E-state index in [1.807, 2.05) is 30.3 Å². The predicted octanol–water partition coefficient (Wildman–Crippen LogP) is 2.13. The molecule has 0 aliphatic carbocycles. The number of guanidine groups is 1. The zero-order valence-corrected chi connectivity index (χ0v) is 17.9. The Morgan fingerprint density at radius 3 is 2.81 bits per heavy atom. The maximum atomic E-state index is 9.60. The van der Waals surface area contributed by atoms with Gasteiger partial charge in [-0.15, -0.1) is 24.0 Å². The summed E-state index contributed by atoms with van der Waals surface area (Å²) in [5, 5.41) is 16.1. The Balaban J connectivity index is 0.00000338. The van der Waals surface area contributed by atoms with Crippen LogP contribution in [0.15, 0.2) is 35.3 Å². The lowest BCUT2D eigenvalue weighted by atomic mass is 10.0. The Kier molecular flexibility index (Phi) is 12.6. The summed E-state index contributed by atoms with van der Waals surface area (Å²) in [6.45, 7) is 3.81. The average Bonchev–Trinajstić information content (AvgIpc) is 3.17. The fraction of sp³-hybridized carbons (Fsp3) is 0.632. The molecule has 2 atom stereocenters. The maximum Gasteiger partial charge on any atom is 0.191 e. The van der Waals surface area contributed by atoms with Gasteiger partial charge in [0.2, 0.25) is 0 Å². The summed E-state index contributed by atoms with van der Waals surface area (Å²) in [4.78, 5) is 4.22. The molecule has 1 aromatic carbocycles. The summed E-state index contributed by atoms with van der Waals surface area (Å²) in [5.41, 5.74) is 1.12. The van der Waals surface area contributed by atoms with Gasteiger partial charge in [-0.05, 0) is 24.8 Å². The van der Waals surface area contributed by atoms with Gasteiger partial charge < -0.3 is 25.2 Å². The number of aliphatic hydroxyl groups is 1. The Bertz CT molecular complexity index is 496. The van der Waals surface area contributed by atoms with Gasteiger partial charge in [-0.1, -0.05) is 30.3 Å². The van der Waals surface area contributed by atoms with E-state index >= 15 is 0 Å². The second-order valence-corrected chi connectivity index (χ2v) is 6.23. The highest BCUT2D eigenvalue weighted by atomic mass is 127. The Morgan fingerprint density at radius 1 is 1.35 bits per heavy atom. The fourth-order valence-electron chi connectivity index (χ4n) is 2.83. The first-order valence-electron chi connectivity index (χ1n) is 9.13. The molecular formula is C19H32IN3O3. The normalized spacial score (nSPS) is 18.2. The Labute approximate surface area is 173 Å². The summed E-state index contributed by atoms with van der Waals surface area (Å²) in [6, 6.07) is 10.0. The number of aliphatic hydroxyl groups excluding tert-OH is 1. The molecule has 7 heteroatoms. The predicted molar refractivity (Wildman–Crippen MR) is 115 cm³/mol. The molecule has 148 valence electrons. The van der Waals surface area contributed by atoms with Crippen molar-refractivity contribution < 1.29 is 14.6 Å². The minimum atomic E-state index is 0. The van der Waals surface area contributed by atoms with Crippen LogP contribution in [0.25, 0.3) is 0 Å². The van der Waals surface area contributed by atoms with E-state index in [2.05, 4.69) is 15.6 Å². The third-order valence-electron chi connectivity index (χ3n) is 4.32. The largest absolute Gasteiger partial charge is 0.396 e. The zero-order chi connectivity index (χ0) is 17.7. The minimum absolute atomic E-state index is 0. The number of hydrogen-bond acceptors (Lipinski definition) is 4. The Morgan fingerprint density at radius 2 is 2.15 bits per heavy atom. The number of ether oxygens (including phenoxy) is 2. The highest BCUT2D eigenvalue weighted by molar-refractivity contribution is 14.0. The lowest BCUT2D eigenvalue weighted by molar-refractivity contribution is 0.0168. The van der Waals surface area contributed by atoms with Crippen LogP contribution in [0.5, 0.6) is 0 Å². The lowest BCUT2D eigenvalue weighted by Crippen LogP contribution is -2.40. The number of nitrogens with one attached hydrogen (secondary N) is 2. The van der Waals surface area contributed by atoms with E-state index in [-0.39, 0.29) is 42.6 Å². The van der Waals surface area contributed by atoms with E-state index in [1.165, 1.54) is 0 Å². The van der Waals surface area contributed by atoms with Crippen LogP contribution in [-0.4, -0.2) is 63.7 Å². The van der Waals surface area contributed by atoms with Crippen molar-refractivity contribution in [2.24, 2.45) is 4.99 Å². The van der Waals surface area contributed by atoms with Crippen molar-refractivity contribution in [3.63, 3.8) is 0 Å². The number of halogens is 1. The van der Waals surface area contributed by atoms with Gasteiger partial charge in [-0.25, -0.2) is 0 Å². The molecule has 0 amide bonds. The molecule has 1 aliphatic heterocycles. The number of hydrogen-bond donors (Lipinski definition) is 3. The van der Waals surface area contributed by atoms with Crippen LogP contribution in [0.1, 0.15) is 30.7 Å². The van der Waals surface area contributed by atoms with Crippen molar-refractivity contribution in [3.05, 3.63) is 35.9 Å². The molecule has 0 spiro atoms. The second kappa shape index (κ2) is 14.2. The lowest BCUT2D eigenvalue weighted by Gasteiger charge is -2.18. The minimum Gasteiger partial charge on any atom is -0.396 e. The molecule has 0 saturated carbocycles. The van der Waals surface area contributed by atoms with Crippen molar-refractivity contribution in [2.45, 2.75) is 31.3 Å². The van der Waals surface area contributed by atoms with Crippen LogP contribution < -0.4 is 10.6 Å². The van der Waals surface area contributed by atoms with Crippen LogP contribution in [0.2, 0.25) is 0 Å². The van der Waals surface area contributed by atoms with Crippen molar-refractivity contribution in [1.29, 1.82) is 0 Å². The molecule has 0 bridgehead atoms. The molecule has 1 aliphatic rings. The van der Waals surface area contributed by atoms with Gasteiger partial charge >= 0.3 is 0 Å². The second-order valence-electron chi connectivity index (χ2n) is 6.23. The number of nitrogens with zero attached hydrogens (tertiary/aromatic N) is 1. The van der Waals surface area contributed by atoms with Gasteiger partial charge in [0.05, 0.1) is 19.3 Å². The molecule has 1 saturated heterocycles. The van der Waals surface area contributed by atoms with E-state index in [1.54, 1.807) is 7.05 Å². The molecule has 3 N–H and O–H groups in total. The third-order valence-corrected chi connectivity index (χ3v) is 4.32. The van der Waals surface area contributed by atoms with Crippen molar-refractivity contribution in [3.8, 4) is 0 Å². The van der Waals surface area contributed by atoms with Gasteiger partial charge in [0, 0.05) is 39.3 Å². The molecule has 6 nitrogen and oxygen atoms in total. The highest BCUT2D eigenvalue weighted by Gasteiger charge is 2.15. The Hall–Kier alpha value is -0.900. The molecule has 0 radical (unpaired) electrons. The van der Waals surface area contributed by atoms with Crippen LogP contribution in [0.3, 0.4) is 0 Å². The molecule has 26 heavy (non-hydrogen) atoms.